The normalized spacial score (nSPS) is 30.8. The average molecular weight is 254 g/mol. The summed E-state index contributed by atoms with van der Waals surface area (Å²) in [6.07, 6.45) is 5.69. The molecular formula is C11H14N2O3S. The van der Waals surface area contributed by atoms with E-state index in [9.17, 15) is 4.79 Å². The first kappa shape index (κ1) is 12.3. The minimum absolute atomic E-state index is 0.522. The highest BCUT2D eigenvalue weighted by Crippen LogP contribution is 2.37. The number of nitrogens with two attached hydrogens (primary N) is 1. The second kappa shape index (κ2) is 4.64. The van der Waals surface area contributed by atoms with Crippen LogP contribution in [0, 0.1) is 0 Å². The predicted octanol–water partition coefficient (Wildman–Crippen LogP) is 1.12. The van der Waals surface area contributed by atoms with Crippen molar-refractivity contribution in [1.29, 1.82) is 0 Å². The van der Waals surface area contributed by atoms with Crippen LogP contribution in [0.1, 0.15) is 13.3 Å². The molecule has 2 aliphatic rings. The molecule has 3 N–H and O–H groups in total. The number of fused-ring (bicyclic) bond motifs is 1. The molecule has 2 unspecified atom stereocenters. The minimum Gasteiger partial charge on any atom is -0.480 e. The Morgan fingerprint density at radius 2 is 2.53 bits per heavy atom. The first-order valence-electron chi connectivity index (χ1n) is 5.37. The van der Waals surface area contributed by atoms with Crippen molar-refractivity contribution >= 4 is 22.8 Å². The standard InChI is InChI=1S/C11H14N2O3S/c1-2-5-16-11(12)3-4-13-9-7(11)6-8(17-9)10(14)15/h3-4,6,8H,2,5,12H2,1H3,(H,14,15). The maximum absolute atomic E-state index is 10.9. The van der Waals surface area contributed by atoms with Gasteiger partial charge in [0.15, 0.2) is 5.72 Å². The molecule has 5 nitrogen and oxygen atoms in total. The van der Waals surface area contributed by atoms with Crippen LogP contribution in [0.5, 0.6) is 0 Å². The Hall–Kier alpha value is -1.11. The minimum atomic E-state index is -1.04. The number of nitrogens with zero attached hydrogens (tertiary/aromatic N) is 1. The third kappa shape index (κ3) is 2.29. The summed E-state index contributed by atoms with van der Waals surface area (Å²) in [6, 6.07) is 0. The monoisotopic (exact) mass is 254 g/mol. The van der Waals surface area contributed by atoms with Crippen LogP contribution in [0.4, 0.5) is 0 Å². The lowest BCUT2D eigenvalue weighted by molar-refractivity contribution is -0.135. The van der Waals surface area contributed by atoms with Gasteiger partial charge in [0.2, 0.25) is 0 Å². The molecule has 0 amide bonds. The van der Waals surface area contributed by atoms with Gasteiger partial charge in [-0.2, -0.15) is 0 Å². The Morgan fingerprint density at radius 1 is 1.76 bits per heavy atom. The molecule has 0 aromatic carbocycles. The van der Waals surface area contributed by atoms with Crippen molar-refractivity contribution in [3.63, 3.8) is 0 Å². The molecule has 2 atom stereocenters. The van der Waals surface area contributed by atoms with Crippen LogP contribution in [0.15, 0.2) is 28.9 Å². The quantitative estimate of drug-likeness (QED) is 0.734. The summed E-state index contributed by atoms with van der Waals surface area (Å²) < 4.78 is 5.60. The number of ether oxygens (including phenoxy) is 1. The van der Waals surface area contributed by atoms with Crippen molar-refractivity contribution in [3.05, 3.63) is 23.9 Å². The number of aliphatic imine (C=N–C) groups is 1. The number of thioether (sulfide) groups is 1. The summed E-state index contributed by atoms with van der Waals surface area (Å²) in [6.45, 7) is 2.51. The molecule has 0 radical (unpaired) electrons. The second-order valence-corrected chi connectivity index (χ2v) is 4.98. The van der Waals surface area contributed by atoms with Crippen LogP contribution in [0.3, 0.4) is 0 Å². The summed E-state index contributed by atoms with van der Waals surface area (Å²) in [5, 5.41) is 8.99. The molecule has 2 rings (SSSR count). The lowest BCUT2D eigenvalue weighted by Crippen LogP contribution is -2.45. The molecule has 92 valence electrons. The third-order valence-corrected chi connectivity index (χ3v) is 3.65. The Balaban J connectivity index is 2.26. The van der Waals surface area contributed by atoms with E-state index in [1.165, 1.54) is 11.8 Å². The number of aliphatic carboxylic acids is 1. The van der Waals surface area contributed by atoms with Gasteiger partial charge >= 0.3 is 5.97 Å². The zero-order valence-corrected chi connectivity index (χ0v) is 10.2. The van der Waals surface area contributed by atoms with E-state index >= 15 is 0 Å². The Morgan fingerprint density at radius 3 is 3.18 bits per heavy atom. The number of hydrogen-bond acceptors (Lipinski definition) is 5. The second-order valence-electron chi connectivity index (χ2n) is 3.85. The molecule has 6 heteroatoms. The van der Waals surface area contributed by atoms with Crippen LogP contribution >= 0.6 is 11.8 Å². The van der Waals surface area contributed by atoms with E-state index in [0.717, 1.165) is 6.42 Å². The van der Waals surface area contributed by atoms with E-state index in [4.69, 9.17) is 15.6 Å². The number of hydrogen-bond donors (Lipinski definition) is 2. The van der Waals surface area contributed by atoms with Crippen molar-refractivity contribution < 1.29 is 14.6 Å². The Labute approximate surface area is 103 Å². The van der Waals surface area contributed by atoms with Crippen molar-refractivity contribution in [2.75, 3.05) is 6.61 Å². The largest absolute Gasteiger partial charge is 0.480 e. The first-order chi connectivity index (χ1) is 8.07. The van der Waals surface area contributed by atoms with E-state index < -0.39 is 16.9 Å². The van der Waals surface area contributed by atoms with Gasteiger partial charge in [-0.25, -0.2) is 4.99 Å². The fourth-order valence-electron chi connectivity index (χ4n) is 1.66. The zero-order chi connectivity index (χ0) is 12.5. The lowest BCUT2D eigenvalue weighted by atomic mass is 10.0. The summed E-state index contributed by atoms with van der Waals surface area (Å²) in [7, 11) is 0. The van der Waals surface area contributed by atoms with Gasteiger partial charge in [0.05, 0.1) is 0 Å². The number of carboxylic acids is 1. The highest BCUT2D eigenvalue weighted by molar-refractivity contribution is 8.16. The Kier molecular flexibility index (Phi) is 3.37. The summed E-state index contributed by atoms with van der Waals surface area (Å²) >= 11 is 1.19. The number of carbonyl (C=O) groups is 1. The lowest BCUT2D eigenvalue weighted by Gasteiger charge is -2.29. The van der Waals surface area contributed by atoms with Crippen molar-refractivity contribution in [1.82, 2.24) is 0 Å². The van der Waals surface area contributed by atoms with E-state index in [2.05, 4.69) is 4.99 Å². The summed E-state index contributed by atoms with van der Waals surface area (Å²) in [5.74, 6) is -0.891. The van der Waals surface area contributed by atoms with E-state index in [0.29, 0.717) is 17.2 Å². The third-order valence-electron chi connectivity index (χ3n) is 2.51. The predicted molar refractivity (Wildman–Crippen MR) is 66.8 cm³/mol. The van der Waals surface area contributed by atoms with Crippen LogP contribution in [0.2, 0.25) is 0 Å². The zero-order valence-electron chi connectivity index (χ0n) is 9.42. The molecule has 2 aliphatic heterocycles. The first-order valence-corrected chi connectivity index (χ1v) is 6.25. The topological polar surface area (TPSA) is 84.9 Å². The van der Waals surface area contributed by atoms with Gasteiger partial charge in [-0.05, 0) is 18.6 Å². The molecule has 0 saturated heterocycles. The average Bonchev–Trinajstić information content (AvgIpc) is 2.72. The fourth-order valence-corrected chi connectivity index (χ4v) is 2.68. The van der Waals surface area contributed by atoms with Crippen LogP contribution in [-0.2, 0) is 9.53 Å². The highest BCUT2D eigenvalue weighted by atomic mass is 32.2. The number of rotatable bonds is 4. The SMILES string of the molecule is CCCOC1(N)C=CN=C2SC(C(=O)O)C=C21. The van der Waals surface area contributed by atoms with Gasteiger partial charge in [-0.3, -0.25) is 10.5 Å². The fraction of sp³-hybridized carbons (Fsp3) is 0.455. The van der Waals surface area contributed by atoms with Gasteiger partial charge in [0, 0.05) is 18.4 Å². The van der Waals surface area contributed by atoms with Gasteiger partial charge in [0.1, 0.15) is 10.3 Å². The smallest absolute Gasteiger partial charge is 0.321 e. The maximum Gasteiger partial charge on any atom is 0.321 e. The van der Waals surface area contributed by atoms with E-state index in [1.807, 2.05) is 6.92 Å². The van der Waals surface area contributed by atoms with E-state index in [-0.39, 0.29) is 0 Å². The number of carboxylic acid groups (broad SMARTS) is 1. The molecule has 2 heterocycles. The molecule has 0 aliphatic carbocycles. The molecule has 0 aromatic heterocycles. The molecule has 0 spiro atoms. The van der Waals surface area contributed by atoms with Gasteiger partial charge in [-0.15, -0.1) is 0 Å². The molecule has 0 saturated carbocycles. The summed E-state index contributed by atoms with van der Waals surface area (Å²) in [5.41, 5.74) is 5.75. The van der Waals surface area contributed by atoms with Crippen molar-refractivity contribution in [2.24, 2.45) is 10.7 Å². The van der Waals surface area contributed by atoms with Crippen molar-refractivity contribution in [3.8, 4) is 0 Å². The van der Waals surface area contributed by atoms with Gasteiger partial charge in [-0.1, -0.05) is 18.7 Å². The molecular weight excluding hydrogens is 240 g/mol. The van der Waals surface area contributed by atoms with Gasteiger partial charge < -0.3 is 9.84 Å². The van der Waals surface area contributed by atoms with Gasteiger partial charge in [0.25, 0.3) is 0 Å². The Bertz CT molecular complexity index is 430. The summed E-state index contributed by atoms with van der Waals surface area (Å²) in [4.78, 5) is 15.1. The molecule has 0 bridgehead atoms. The highest BCUT2D eigenvalue weighted by Gasteiger charge is 2.40. The van der Waals surface area contributed by atoms with E-state index in [1.54, 1.807) is 18.4 Å². The van der Waals surface area contributed by atoms with Crippen LogP contribution in [-0.4, -0.2) is 33.7 Å². The van der Waals surface area contributed by atoms with Crippen molar-refractivity contribution in [2.45, 2.75) is 24.3 Å². The molecule has 0 aromatic rings. The maximum atomic E-state index is 10.9. The van der Waals surface area contributed by atoms with Crippen LogP contribution < -0.4 is 5.73 Å². The van der Waals surface area contributed by atoms with Crippen LogP contribution in [0.25, 0.3) is 0 Å². The molecule has 17 heavy (non-hydrogen) atoms. The molecule has 0 fully saturated rings.